The predicted octanol–water partition coefficient (Wildman–Crippen LogP) is 5.29. The number of methoxy groups -OCH3 is 1. The lowest BCUT2D eigenvalue weighted by molar-refractivity contribution is -0.135. The van der Waals surface area contributed by atoms with E-state index < -0.39 is 76.7 Å². The quantitative estimate of drug-likeness (QED) is 0.132. The number of aliphatic hydroxyl groups excluding tert-OH is 2. The van der Waals surface area contributed by atoms with Gasteiger partial charge in [-0.3, -0.25) is 24.3 Å². The zero-order valence-electron chi connectivity index (χ0n) is 35.8. The molecule has 0 spiro atoms. The van der Waals surface area contributed by atoms with Crippen molar-refractivity contribution in [3.63, 3.8) is 0 Å². The lowest BCUT2D eigenvalue weighted by Crippen LogP contribution is -2.47. The number of hydrogen-bond acceptors (Lipinski definition) is 14. The molecule has 4 heterocycles. The minimum absolute atomic E-state index is 0.0643. The average molecular weight is 833 g/mol. The molecule has 1 saturated heterocycles. The summed E-state index contributed by atoms with van der Waals surface area (Å²) in [5.41, 5.74) is -0.285. The van der Waals surface area contributed by atoms with E-state index in [9.17, 15) is 39.9 Å². The number of ether oxygens (including phenoxy) is 3. The number of hydrazone groups is 1. The van der Waals surface area contributed by atoms with E-state index in [0.29, 0.717) is 19.1 Å². The lowest BCUT2D eigenvalue weighted by atomic mass is 9.79. The molecule has 2 aromatic rings. The molecule has 2 fully saturated rings. The molecule has 7 rings (SSSR count). The number of nitrogens with zero attached hydrogens (tertiary/aromatic N) is 3. The Morgan fingerprint density at radius 3 is 2.22 bits per heavy atom. The van der Waals surface area contributed by atoms with E-state index in [-0.39, 0.29) is 50.3 Å². The fraction of sp³-hybridized carbons (Fsp3) is 0.556. The highest BCUT2D eigenvalue weighted by atomic mass is 16.7. The number of anilines is 1. The first-order valence-electron chi connectivity index (χ1n) is 20.9. The third kappa shape index (κ3) is 8.37. The van der Waals surface area contributed by atoms with E-state index in [1.54, 1.807) is 39.8 Å². The molecule has 4 aliphatic heterocycles. The van der Waals surface area contributed by atoms with Gasteiger partial charge in [0.1, 0.15) is 23.0 Å². The number of phenols is 3. The molecule has 6 N–H and O–H groups in total. The summed E-state index contributed by atoms with van der Waals surface area (Å²) in [5.74, 6) is -8.42. The summed E-state index contributed by atoms with van der Waals surface area (Å²) in [5, 5.41) is 66.8. The first-order valence-corrected chi connectivity index (χ1v) is 20.9. The Kier molecular flexibility index (Phi) is 13.3. The second-order valence-corrected chi connectivity index (χ2v) is 17.0. The maximum atomic E-state index is 14.4. The van der Waals surface area contributed by atoms with Gasteiger partial charge in [-0.25, -0.2) is 0 Å². The van der Waals surface area contributed by atoms with Crippen LogP contribution in [0, 0.1) is 30.6 Å². The summed E-state index contributed by atoms with van der Waals surface area (Å²) < 4.78 is 17.7. The summed E-state index contributed by atoms with van der Waals surface area (Å²) in [6, 6.07) is 0.558. The summed E-state index contributed by atoms with van der Waals surface area (Å²) >= 11 is 0. The van der Waals surface area contributed by atoms with Gasteiger partial charge in [-0.2, -0.15) is 5.10 Å². The zero-order chi connectivity index (χ0) is 43.8. The molecule has 60 heavy (non-hydrogen) atoms. The molecule has 1 aliphatic carbocycles. The van der Waals surface area contributed by atoms with Crippen LogP contribution in [0.2, 0.25) is 0 Å². The van der Waals surface area contributed by atoms with Crippen molar-refractivity contribution < 1.29 is 54.1 Å². The van der Waals surface area contributed by atoms with E-state index in [1.165, 1.54) is 78.2 Å². The van der Waals surface area contributed by atoms with Crippen molar-refractivity contribution >= 4 is 40.1 Å². The van der Waals surface area contributed by atoms with Gasteiger partial charge in [0.15, 0.2) is 5.75 Å². The molecule has 1 saturated carbocycles. The Bertz CT molecular complexity index is 2120. The summed E-state index contributed by atoms with van der Waals surface area (Å²) in [7, 11) is 1.40. The highest BCUT2D eigenvalue weighted by Crippen LogP contribution is 2.55. The van der Waals surface area contributed by atoms with Crippen LogP contribution in [0.5, 0.6) is 23.0 Å². The second-order valence-electron chi connectivity index (χ2n) is 17.0. The fourth-order valence-electron chi connectivity index (χ4n) is 8.91. The van der Waals surface area contributed by atoms with Gasteiger partial charge in [0.25, 0.3) is 11.7 Å². The Balaban J connectivity index is 1.47. The number of carbonyl (C=O) groups excluding carboxylic acids is 3. The lowest BCUT2D eigenvalue weighted by Gasteiger charge is -2.36. The Hall–Kier alpha value is -4.96. The van der Waals surface area contributed by atoms with Crippen LogP contribution in [0.25, 0.3) is 10.8 Å². The standard InChI is InChI=1S/C45H60N4O11/c1-23-12-11-13-24(2)44(57)47-35-30(22-46-49-19-17-48(18-20-49)29-14-9-10-15-29)40(54)32-33(41(35)55)39(53)28(6)42-34(32)43(56)45(7,60-42)59-21-16-31(58-8)25(3)37(51)27(5)38(52)26(4)36(23)50/h11-13,16,21-23,25-27,29,31,36,38,50,52-55H,9-10,14-15,17-20H2,1-8H3,(H,47,57)/b12-11+,21-16+,24-13-,46-22+/t23-,25+,26+,27-,31-,36-,38+,45-/m0/s1. The van der Waals surface area contributed by atoms with Crippen molar-refractivity contribution in [2.24, 2.45) is 28.8 Å². The number of nitrogens with one attached hydrogen (secondary N) is 1. The zero-order valence-corrected chi connectivity index (χ0v) is 35.8. The monoisotopic (exact) mass is 832 g/mol. The molecular formula is C45H60N4O11. The van der Waals surface area contributed by atoms with E-state index >= 15 is 0 Å². The van der Waals surface area contributed by atoms with Crippen LogP contribution < -0.4 is 10.1 Å². The number of allylic oxidation sites excluding steroid dienone is 2. The molecule has 0 aromatic heterocycles. The largest absolute Gasteiger partial charge is 0.507 e. The van der Waals surface area contributed by atoms with Gasteiger partial charge in [-0.1, -0.05) is 58.8 Å². The van der Waals surface area contributed by atoms with Gasteiger partial charge < -0.3 is 45.1 Å². The van der Waals surface area contributed by atoms with Gasteiger partial charge in [0.05, 0.1) is 53.0 Å². The number of aromatic hydroxyl groups is 3. The number of fused-ring (bicyclic) bond motifs is 14. The van der Waals surface area contributed by atoms with Crippen molar-refractivity contribution in [2.75, 3.05) is 38.6 Å². The maximum absolute atomic E-state index is 14.4. The number of Topliss-reactive ketones (excluding diaryl/α,β-unsaturated/α-hetero) is 2. The van der Waals surface area contributed by atoms with Crippen LogP contribution in [0.1, 0.15) is 88.7 Å². The number of piperazine rings is 1. The smallest absolute Gasteiger partial charge is 0.312 e. The molecule has 15 heteroatoms. The summed E-state index contributed by atoms with van der Waals surface area (Å²) in [6.07, 6.45) is 10.4. The van der Waals surface area contributed by atoms with Crippen LogP contribution in [0.3, 0.4) is 0 Å². The predicted molar refractivity (Wildman–Crippen MR) is 226 cm³/mol. The molecule has 2 aromatic carbocycles. The summed E-state index contributed by atoms with van der Waals surface area (Å²) in [6.45, 7) is 13.8. The number of amides is 1. The molecule has 1 amide bonds. The normalized spacial score (nSPS) is 32.3. The SMILES string of the molecule is CO[C@H]1/C=C/O[C@@]2(C)Oc3c(C)c(O)c4c(O)c(c(/C=N/N5CCN(C6CCCC6)CC5)c(O)c4c3C2=O)NC(=O)/C(C)=C\C=C\[C@H](C)[C@H](O)[C@@H](C)[C@@H](O)[C@@H](C)C(=O)[C@@H]1C. The van der Waals surface area contributed by atoms with E-state index in [2.05, 4.69) is 15.3 Å². The van der Waals surface area contributed by atoms with Gasteiger partial charge in [0, 0.05) is 86.4 Å². The van der Waals surface area contributed by atoms with Crippen molar-refractivity contribution in [2.45, 2.75) is 104 Å². The van der Waals surface area contributed by atoms with E-state index in [0.717, 1.165) is 13.1 Å². The van der Waals surface area contributed by atoms with Crippen molar-refractivity contribution in [3.05, 3.63) is 52.8 Å². The number of ketones is 2. The highest BCUT2D eigenvalue weighted by Gasteiger charge is 2.50. The summed E-state index contributed by atoms with van der Waals surface area (Å²) in [4.78, 5) is 44.3. The number of aliphatic hydroxyl groups is 2. The molecule has 8 atom stereocenters. The first kappa shape index (κ1) is 44.6. The topological polar surface area (TPSA) is 211 Å². The van der Waals surface area contributed by atoms with Gasteiger partial charge in [-0.15, -0.1) is 0 Å². The number of phenolic OH excluding ortho intramolecular Hbond substituents is 3. The van der Waals surface area contributed by atoms with E-state index in [1.807, 2.05) is 5.01 Å². The van der Waals surface area contributed by atoms with Crippen LogP contribution in [-0.2, 0) is 19.1 Å². The highest BCUT2D eigenvalue weighted by molar-refractivity contribution is 6.23. The van der Waals surface area contributed by atoms with E-state index in [4.69, 9.17) is 14.2 Å². The first-order chi connectivity index (χ1) is 28.4. The number of rotatable bonds is 4. The number of hydrogen-bond donors (Lipinski definition) is 6. The Labute approximate surface area is 351 Å². The fourth-order valence-corrected chi connectivity index (χ4v) is 8.91. The minimum Gasteiger partial charge on any atom is -0.507 e. The maximum Gasteiger partial charge on any atom is 0.312 e. The van der Waals surface area contributed by atoms with Crippen molar-refractivity contribution in [1.29, 1.82) is 0 Å². The van der Waals surface area contributed by atoms with Gasteiger partial charge in [-0.05, 0) is 32.8 Å². The molecule has 0 radical (unpaired) electrons. The Morgan fingerprint density at radius 1 is 0.900 bits per heavy atom. The molecule has 5 aliphatic rings. The van der Waals surface area contributed by atoms with Crippen LogP contribution in [0.4, 0.5) is 5.69 Å². The molecule has 326 valence electrons. The van der Waals surface area contributed by atoms with Crippen LogP contribution in [0.15, 0.2) is 41.2 Å². The van der Waals surface area contributed by atoms with Crippen LogP contribution >= 0.6 is 0 Å². The number of benzene rings is 2. The van der Waals surface area contributed by atoms with Crippen LogP contribution in [-0.4, -0.2) is 123 Å². The molecular weight excluding hydrogens is 773 g/mol. The third-order valence-corrected chi connectivity index (χ3v) is 13.0. The Morgan fingerprint density at radius 2 is 1.57 bits per heavy atom. The van der Waals surface area contributed by atoms with Gasteiger partial charge in [0.2, 0.25) is 0 Å². The molecule has 5 bridgehead atoms. The number of carbonyl (C=O) groups is 3. The molecule has 15 nitrogen and oxygen atoms in total. The van der Waals surface area contributed by atoms with Crippen molar-refractivity contribution in [3.8, 4) is 23.0 Å². The molecule has 0 unspecified atom stereocenters. The minimum atomic E-state index is -2.03. The third-order valence-electron chi connectivity index (χ3n) is 13.0. The average Bonchev–Trinajstić information content (AvgIpc) is 3.87. The van der Waals surface area contributed by atoms with Gasteiger partial charge >= 0.3 is 5.79 Å². The van der Waals surface area contributed by atoms with Crippen molar-refractivity contribution in [1.82, 2.24) is 9.91 Å². The second kappa shape index (κ2) is 17.9.